The number of hydrogen-bond acceptors (Lipinski definition) is 2. The van der Waals surface area contributed by atoms with Gasteiger partial charge in [0.1, 0.15) is 0 Å². The van der Waals surface area contributed by atoms with Crippen molar-refractivity contribution < 1.29 is 0 Å². The second-order valence-electron chi connectivity index (χ2n) is 5.48. The van der Waals surface area contributed by atoms with Crippen molar-refractivity contribution in [3.8, 4) is 0 Å². The van der Waals surface area contributed by atoms with Crippen LogP contribution in [-0.2, 0) is 6.42 Å². The van der Waals surface area contributed by atoms with Crippen LogP contribution in [0.3, 0.4) is 0 Å². The highest BCUT2D eigenvalue weighted by atomic mass is 35.5. The van der Waals surface area contributed by atoms with Gasteiger partial charge in [-0.05, 0) is 67.3 Å². The van der Waals surface area contributed by atoms with Crippen LogP contribution in [0.2, 0.25) is 5.02 Å². The smallest absolute Gasteiger partial charge is 0.0441 e. The van der Waals surface area contributed by atoms with Gasteiger partial charge in [-0.25, -0.2) is 0 Å². The Labute approximate surface area is 126 Å². The number of aryl methyl sites for hydroxylation is 1. The van der Waals surface area contributed by atoms with Crippen LogP contribution in [0.5, 0.6) is 0 Å². The summed E-state index contributed by atoms with van der Waals surface area (Å²) in [7, 11) is 0. The summed E-state index contributed by atoms with van der Waals surface area (Å²) in [5, 5.41) is 4.65. The monoisotopic (exact) mass is 297 g/mol. The van der Waals surface area contributed by atoms with E-state index in [1.807, 2.05) is 0 Å². The van der Waals surface area contributed by atoms with E-state index in [-0.39, 0.29) is 0 Å². The zero-order valence-corrected chi connectivity index (χ0v) is 13.5. The molecule has 2 atom stereocenters. The maximum Gasteiger partial charge on any atom is 0.0441 e. The molecule has 1 heterocycles. The highest BCUT2D eigenvalue weighted by Crippen LogP contribution is 2.29. The lowest BCUT2D eigenvalue weighted by Gasteiger charge is -2.25. The van der Waals surface area contributed by atoms with E-state index in [0.29, 0.717) is 6.04 Å². The summed E-state index contributed by atoms with van der Waals surface area (Å²) >= 11 is 8.47. The van der Waals surface area contributed by atoms with Crippen molar-refractivity contribution in [3.05, 3.63) is 34.3 Å². The van der Waals surface area contributed by atoms with Gasteiger partial charge < -0.3 is 5.32 Å². The number of halogens is 1. The largest absolute Gasteiger partial charge is 0.313 e. The first kappa shape index (κ1) is 15.2. The predicted octanol–water partition coefficient (Wildman–Crippen LogP) is 4.31. The van der Waals surface area contributed by atoms with Crippen LogP contribution >= 0.6 is 23.4 Å². The highest BCUT2D eigenvalue weighted by molar-refractivity contribution is 7.99. The van der Waals surface area contributed by atoms with Crippen LogP contribution in [-0.4, -0.2) is 24.1 Å². The van der Waals surface area contributed by atoms with Gasteiger partial charge in [-0.1, -0.05) is 30.7 Å². The molecule has 0 amide bonds. The Morgan fingerprint density at radius 3 is 2.95 bits per heavy atom. The second kappa shape index (κ2) is 7.56. The quantitative estimate of drug-likeness (QED) is 0.839. The molecule has 0 radical (unpaired) electrons. The average molecular weight is 298 g/mol. The first-order chi connectivity index (χ1) is 9.20. The van der Waals surface area contributed by atoms with Crippen molar-refractivity contribution in [2.75, 3.05) is 18.1 Å². The molecule has 0 spiro atoms. The third-order valence-corrected chi connectivity index (χ3v) is 5.38. The standard InChI is InChI=1S/C16H24ClNS/c1-3-7-18-16(14-6-8-19-11-14)10-13-5-4-12(2)9-15(13)17/h4-5,9,14,16,18H,3,6-8,10-11H2,1-2H3. The lowest BCUT2D eigenvalue weighted by atomic mass is 9.92. The summed E-state index contributed by atoms with van der Waals surface area (Å²) < 4.78 is 0. The van der Waals surface area contributed by atoms with Gasteiger partial charge in [0.2, 0.25) is 0 Å². The van der Waals surface area contributed by atoms with E-state index in [0.717, 1.165) is 23.9 Å². The van der Waals surface area contributed by atoms with Crippen molar-refractivity contribution in [2.45, 2.75) is 39.2 Å². The lowest BCUT2D eigenvalue weighted by Crippen LogP contribution is -2.38. The molecule has 1 aliphatic heterocycles. The topological polar surface area (TPSA) is 12.0 Å². The molecule has 0 aliphatic carbocycles. The summed E-state index contributed by atoms with van der Waals surface area (Å²) in [4.78, 5) is 0. The van der Waals surface area contributed by atoms with Gasteiger partial charge in [-0.3, -0.25) is 0 Å². The molecule has 2 unspecified atom stereocenters. The Morgan fingerprint density at radius 2 is 2.32 bits per heavy atom. The maximum atomic E-state index is 6.38. The first-order valence-corrected chi connectivity index (χ1v) is 8.80. The third-order valence-electron chi connectivity index (χ3n) is 3.84. The van der Waals surface area contributed by atoms with Crippen LogP contribution in [0, 0.1) is 12.8 Å². The average Bonchev–Trinajstić information content (AvgIpc) is 2.90. The van der Waals surface area contributed by atoms with Gasteiger partial charge in [0.05, 0.1) is 0 Å². The molecule has 1 saturated heterocycles. The first-order valence-electron chi connectivity index (χ1n) is 7.27. The number of thioether (sulfide) groups is 1. The van der Waals surface area contributed by atoms with Gasteiger partial charge in [-0.15, -0.1) is 0 Å². The summed E-state index contributed by atoms with van der Waals surface area (Å²) in [5.74, 6) is 3.41. The Balaban J connectivity index is 2.05. The molecule has 0 saturated carbocycles. The van der Waals surface area contributed by atoms with Crippen LogP contribution in [0.4, 0.5) is 0 Å². The Kier molecular flexibility index (Phi) is 6.06. The lowest BCUT2D eigenvalue weighted by molar-refractivity contribution is 0.380. The van der Waals surface area contributed by atoms with Crippen molar-refractivity contribution >= 4 is 23.4 Å². The zero-order valence-electron chi connectivity index (χ0n) is 11.9. The van der Waals surface area contributed by atoms with E-state index in [4.69, 9.17) is 11.6 Å². The molecule has 1 aromatic carbocycles. The van der Waals surface area contributed by atoms with Crippen molar-refractivity contribution in [2.24, 2.45) is 5.92 Å². The van der Waals surface area contributed by atoms with E-state index >= 15 is 0 Å². The molecule has 3 heteroatoms. The molecule has 2 rings (SSSR count). The number of hydrogen-bond donors (Lipinski definition) is 1. The predicted molar refractivity (Wildman–Crippen MR) is 87.4 cm³/mol. The van der Waals surface area contributed by atoms with Crippen molar-refractivity contribution in [1.82, 2.24) is 5.32 Å². The van der Waals surface area contributed by atoms with Crippen LogP contribution in [0.25, 0.3) is 0 Å². The molecule has 1 fully saturated rings. The van der Waals surface area contributed by atoms with Crippen molar-refractivity contribution in [3.63, 3.8) is 0 Å². The molecule has 0 aromatic heterocycles. The van der Waals surface area contributed by atoms with E-state index in [1.54, 1.807) is 0 Å². The van der Waals surface area contributed by atoms with E-state index in [2.05, 4.69) is 49.1 Å². The van der Waals surface area contributed by atoms with Crippen molar-refractivity contribution in [1.29, 1.82) is 0 Å². The van der Waals surface area contributed by atoms with E-state index < -0.39 is 0 Å². The molecule has 0 bridgehead atoms. The molecule has 106 valence electrons. The van der Waals surface area contributed by atoms with Crippen LogP contribution in [0.1, 0.15) is 30.9 Å². The summed E-state index contributed by atoms with van der Waals surface area (Å²) in [6.45, 7) is 5.43. The Morgan fingerprint density at radius 1 is 1.47 bits per heavy atom. The highest BCUT2D eigenvalue weighted by Gasteiger charge is 2.25. The van der Waals surface area contributed by atoms with E-state index in [9.17, 15) is 0 Å². The summed E-state index contributed by atoms with van der Waals surface area (Å²) in [6.07, 6.45) is 3.60. The van der Waals surface area contributed by atoms with Crippen LogP contribution in [0.15, 0.2) is 18.2 Å². The molecule has 19 heavy (non-hydrogen) atoms. The number of nitrogens with one attached hydrogen (secondary N) is 1. The zero-order chi connectivity index (χ0) is 13.7. The fraction of sp³-hybridized carbons (Fsp3) is 0.625. The Hall–Kier alpha value is -0.180. The summed E-state index contributed by atoms with van der Waals surface area (Å²) in [5.41, 5.74) is 2.53. The molecule has 1 N–H and O–H groups in total. The van der Waals surface area contributed by atoms with Gasteiger partial charge in [0.25, 0.3) is 0 Å². The normalized spacial score (nSPS) is 20.7. The van der Waals surface area contributed by atoms with Gasteiger partial charge in [-0.2, -0.15) is 11.8 Å². The van der Waals surface area contributed by atoms with E-state index in [1.165, 1.54) is 35.5 Å². The molecular formula is C16H24ClNS. The summed E-state index contributed by atoms with van der Waals surface area (Å²) in [6, 6.07) is 7.02. The van der Waals surface area contributed by atoms with Gasteiger partial charge in [0, 0.05) is 11.1 Å². The fourth-order valence-electron chi connectivity index (χ4n) is 2.66. The second-order valence-corrected chi connectivity index (χ2v) is 7.04. The number of benzene rings is 1. The van der Waals surface area contributed by atoms with Gasteiger partial charge >= 0.3 is 0 Å². The maximum absolute atomic E-state index is 6.38. The fourth-order valence-corrected chi connectivity index (χ4v) is 4.31. The minimum Gasteiger partial charge on any atom is -0.313 e. The minimum atomic E-state index is 0.579. The third kappa shape index (κ3) is 4.40. The minimum absolute atomic E-state index is 0.579. The molecule has 1 aromatic rings. The van der Waals surface area contributed by atoms with Gasteiger partial charge in [0.15, 0.2) is 0 Å². The molecular weight excluding hydrogens is 274 g/mol. The number of rotatable bonds is 6. The SMILES string of the molecule is CCCNC(Cc1ccc(C)cc1Cl)C1CCSC1. The molecule has 1 nitrogen and oxygen atoms in total. The molecule has 1 aliphatic rings. The Bertz CT molecular complexity index is 402. The van der Waals surface area contributed by atoms with Crippen LogP contribution < -0.4 is 5.32 Å².